The van der Waals surface area contributed by atoms with Gasteiger partial charge in [-0.1, -0.05) is 74.4 Å². The first-order chi connectivity index (χ1) is 22.7. The number of rotatable bonds is 11. The monoisotopic (exact) mass is 674 g/mol. The van der Waals surface area contributed by atoms with Gasteiger partial charge in [0.15, 0.2) is 11.6 Å². The molecule has 0 saturated heterocycles. The van der Waals surface area contributed by atoms with E-state index in [1.54, 1.807) is 6.07 Å². The molecule has 0 N–H and O–H groups in total. The number of benzene rings is 5. The van der Waals surface area contributed by atoms with Crippen molar-refractivity contribution in [2.75, 3.05) is 0 Å². The molecule has 0 saturated carbocycles. The van der Waals surface area contributed by atoms with Crippen molar-refractivity contribution in [2.45, 2.75) is 45.1 Å². The van der Waals surface area contributed by atoms with Gasteiger partial charge in [-0.25, -0.2) is 17.6 Å². The molecule has 0 unspecified atom stereocenters. The SMILES string of the molecule is CCCCCc1ccc(-c2ccc(-c3cc(F)c(C(F)(F)Oc4ccc(-c5ccc(OC(F)(F)F)c(F)c5)cc4)c(F)c3)c(F)c2)cc1. The first kappa shape index (κ1) is 34.4. The second kappa shape index (κ2) is 14.0. The van der Waals surface area contributed by atoms with Crippen molar-refractivity contribution < 1.29 is 49.0 Å². The molecule has 0 spiro atoms. The molecule has 48 heavy (non-hydrogen) atoms. The molecule has 0 aromatic heterocycles. The van der Waals surface area contributed by atoms with Crippen LogP contribution < -0.4 is 9.47 Å². The van der Waals surface area contributed by atoms with Crippen LogP contribution >= 0.6 is 0 Å². The molecule has 250 valence electrons. The summed E-state index contributed by atoms with van der Waals surface area (Å²) in [5, 5.41) is 0. The number of hydrogen-bond donors (Lipinski definition) is 0. The van der Waals surface area contributed by atoms with Gasteiger partial charge in [-0.15, -0.1) is 13.2 Å². The minimum absolute atomic E-state index is 0.0870. The van der Waals surface area contributed by atoms with Crippen LogP contribution in [0.5, 0.6) is 11.5 Å². The average molecular weight is 675 g/mol. The van der Waals surface area contributed by atoms with Crippen molar-refractivity contribution in [1.29, 1.82) is 0 Å². The molecule has 11 heteroatoms. The summed E-state index contributed by atoms with van der Waals surface area (Å²) in [4.78, 5) is 0. The fourth-order valence-electron chi connectivity index (χ4n) is 5.18. The van der Waals surface area contributed by atoms with Crippen LogP contribution in [0.1, 0.15) is 37.3 Å². The largest absolute Gasteiger partial charge is 0.573 e. The molecule has 0 aliphatic rings. The maximum Gasteiger partial charge on any atom is 0.573 e. The highest BCUT2D eigenvalue weighted by atomic mass is 19.4. The van der Waals surface area contributed by atoms with Crippen LogP contribution in [-0.4, -0.2) is 6.36 Å². The molecule has 0 radical (unpaired) electrons. The quantitative estimate of drug-likeness (QED) is 0.103. The zero-order chi connectivity index (χ0) is 34.6. The van der Waals surface area contributed by atoms with Gasteiger partial charge >= 0.3 is 12.5 Å². The van der Waals surface area contributed by atoms with Crippen LogP contribution in [0, 0.1) is 23.3 Å². The summed E-state index contributed by atoms with van der Waals surface area (Å²) in [5.74, 6) is -7.06. The van der Waals surface area contributed by atoms with E-state index in [-0.39, 0.29) is 22.3 Å². The second-order valence-electron chi connectivity index (χ2n) is 11.0. The molecule has 5 aromatic carbocycles. The van der Waals surface area contributed by atoms with E-state index in [1.165, 1.54) is 24.3 Å². The molecule has 0 bridgehead atoms. The predicted octanol–water partition coefficient (Wildman–Crippen LogP) is 12.0. The van der Waals surface area contributed by atoms with Gasteiger partial charge < -0.3 is 9.47 Å². The van der Waals surface area contributed by atoms with Gasteiger partial charge in [0.05, 0.1) is 0 Å². The van der Waals surface area contributed by atoms with E-state index in [1.807, 2.05) is 24.3 Å². The molecule has 0 fully saturated rings. The Labute approximate surface area is 270 Å². The van der Waals surface area contributed by atoms with Crippen LogP contribution in [0.15, 0.2) is 97.1 Å². The lowest BCUT2D eigenvalue weighted by Crippen LogP contribution is -2.25. The highest BCUT2D eigenvalue weighted by Crippen LogP contribution is 2.39. The Hall–Kier alpha value is -4.93. The average Bonchev–Trinajstić information content (AvgIpc) is 3.01. The first-order valence-electron chi connectivity index (χ1n) is 14.9. The lowest BCUT2D eigenvalue weighted by atomic mass is 9.97. The number of hydrogen-bond acceptors (Lipinski definition) is 2. The van der Waals surface area contributed by atoms with E-state index in [0.29, 0.717) is 17.7 Å². The summed E-state index contributed by atoms with van der Waals surface area (Å²) in [6.07, 6.45) is -5.40. The third-order valence-corrected chi connectivity index (χ3v) is 7.56. The smallest absolute Gasteiger partial charge is 0.429 e. The van der Waals surface area contributed by atoms with Crippen molar-refractivity contribution in [3.63, 3.8) is 0 Å². The van der Waals surface area contributed by atoms with E-state index < -0.39 is 52.8 Å². The maximum absolute atomic E-state index is 15.2. The number of alkyl halides is 5. The van der Waals surface area contributed by atoms with Crippen molar-refractivity contribution in [3.8, 4) is 44.9 Å². The Morgan fingerprint density at radius 2 is 1.04 bits per heavy atom. The molecule has 0 aliphatic heterocycles. The maximum atomic E-state index is 15.2. The fraction of sp³-hybridized carbons (Fsp3) is 0.189. The minimum atomic E-state index is -5.10. The normalized spacial score (nSPS) is 11.9. The van der Waals surface area contributed by atoms with Crippen molar-refractivity contribution >= 4 is 0 Å². The summed E-state index contributed by atoms with van der Waals surface area (Å²) in [5.41, 5.74) is 0.499. The molecule has 5 aromatic rings. The lowest BCUT2D eigenvalue weighted by molar-refractivity contribution is -0.275. The van der Waals surface area contributed by atoms with Gasteiger partial charge in [-0.3, -0.25) is 0 Å². The van der Waals surface area contributed by atoms with Crippen LogP contribution in [-0.2, 0) is 12.5 Å². The van der Waals surface area contributed by atoms with Gasteiger partial charge in [0.25, 0.3) is 0 Å². The van der Waals surface area contributed by atoms with E-state index in [0.717, 1.165) is 67.1 Å². The van der Waals surface area contributed by atoms with Crippen molar-refractivity contribution in [2.24, 2.45) is 0 Å². The topological polar surface area (TPSA) is 18.5 Å². The Morgan fingerprint density at radius 1 is 0.521 bits per heavy atom. The predicted molar refractivity (Wildman–Crippen MR) is 163 cm³/mol. The zero-order valence-corrected chi connectivity index (χ0v) is 25.3. The highest BCUT2D eigenvalue weighted by molar-refractivity contribution is 5.71. The summed E-state index contributed by atoms with van der Waals surface area (Å²) >= 11 is 0. The fourth-order valence-corrected chi connectivity index (χ4v) is 5.18. The van der Waals surface area contributed by atoms with Crippen LogP contribution in [0.4, 0.5) is 39.5 Å². The van der Waals surface area contributed by atoms with Crippen LogP contribution in [0.25, 0.3) is 33.4 Å². The first-order valence-corrected chi connectivity index (χ1v) is 14.9. The molecular formula is C37H27F9O2. The van der Waals surface area contributed by atoms with Gasteiger partial charge in [0.2, 0.25) is 0 Å². The summed E-state index contributed by atoms with van der Waals surface area (Å²) in [6.45, 7) is 2.12. The molecular weight excluding hydrogens is 647 g/mol. The third kappa shape index (κ3) is 8.13. The number of halogens is 9. The Kier molecular flexibility index (Phi) is 10.1. The van der Waals surface area contributed by atoms with Gasteiger partial charge in [-0.2, -0.15) is 8.78 Å². The van der Waals surface area contributed by atoms with E-state index in [9.17, 15) is 17.6 Å². The van der Waals surface area contributed by atoms with E-state index >= 15 is 22.0 Å². The van der Waals surface area contributed by atoms with Crippen molar-refractivity contribution in [3.05, 3.63) is 131 Å². The number of ether oxygens (including phenoxy) is 2. The number of aryl methyl sites for hydroxylation is 1. The molecule has 5 rings (SSSR count). The Balaban J connectivity index is 1.31. The Bertz CT molecular complexity index is 1860. The van der Waals surface area contributed by atoms with Crippen molar-refractivity contribution in [1.82, 2.24) is 0 Å². The van der Waals surface area contributed by atoms with Gasteiger partial charge in [-0.05, 0) is 88.7 Å². The summed E-state index contributed by atoms with van der Waals surface area (Å²) in [6, 6.07) is 19.9. The summed E-state index contributed by atoms with van der Waals surface area (Å²) in [7, 11) is 0. The standard InChI is InChI=1S/C37H27F9O2/c1-2-3-4-5-22-6-8-23(9-7-22)25-12-16-29(30(38)18-25)27-20-32(40)35(33(41)21-27)36(42,43)47-28-14-10-24(11-15-28)26-13-17-34(31(39)19-26)48-37(44,45)46/h6-21H,2-5H2,1H3. The van der Waals surface area contributed by atoms with Gasteiger partial charge in [0.1, 0.15) is 28.8 Å². The molecule has 2 nitrogen and oxygen atoms in total. The minimum Gasteiger partial charge on any atom is -0.429 e. The van der Waals surface area contributed by atoms with Gasteiger partial charge in [0, 0.05) is 5.56 Å². The van der Waals surface area contributed by atoms with Crippen LogP contribution in [0.2, 0.25) is 0 Å². The number of unbranched alkanes of at least 4 members (excludes halogenated alkanes) is 2. The van der Waals surface area contributed by atoms with E-state index in [2.05, 4.69) is 16.4 Å². The molecule has 0 heterocycles. The molecule has 0 aliphatic carbocycles. The summed E-state index contributed by atoms with van der Waals surface area (Å²) < 4.78 is 135. The Morgan fingerprint density at radius 3 is 1.58 bits per heavy atom. The molecule has 0 amide bonds. The zero-order valence-electron chi connectivity index (χ0n) is 25.3. The second-order valence-corrected chi connectivity index (χ2v) is 11.0. The lowest BCUT2D eigenvalue weighted by Gasteiger charge is -2.20. The van der Waals surface area contributed by atoms with Crippen LogP contribution in [0.3, 0.4) is 0 Å². The highest BCUT2D eigenvalue weighted by Gasteiger charge is 2.41. The third-order valence-electron chi connectivity index (χ3n) is 7.56. The molecule has 0 atom stereocenters. The van der Waals surface area contributed by atoms with E-state index in [4.69, 9.17) is 0 Å².